The number of hydrogen-bond acceptors (Lipinski definition) is 3. The Morgan fingerprint density at radius 1 is 1.26 bits per heavy atom. The van der Waals surface area contributed by atoms with Gasteiger partial charge in [0.25, 0.3) is 0 Å². The van der Waals surface area contributed by atoms with Crippen LogP contribution in [0.15, 0.2) is 6.07 Å². The molecule has 108 valence electrons. The molecule has 1 aromatic rings. The van der Waals surface area contributed by atoms with Crippen molar-refractivity contribution in [1.29, 1.82) is 0 Å². The molecule has 1 aromatic heterocycles. The molecule has 1 aliphatic rings. The van der Waals surface area contributed by atoms with Gasteiger partial charge >= 0.3 is 0 Å². The monoisotopic (exact) mass is 281 g/mol. The summed E-state index contributed by atoms with van der Waals surface area (Å²) in [6, 6.07) is 2.82. The molecular weight excluding hydrogens is 254 g/mol. The zero-order valence-electron chi connectivity index (χ0n) is 12.3. The fourth-order valence-corrected chi connectivity index (χ4v) is 4.01. The normalized spacial score (nSPS) is 16.9. The van der Waals surface area contributed by atoms with Crippen LogP contribution in [-0.2, 0) is 17.6 Å². The van der Waals surface area contributed by atoms with Crippen molar-refractivity contribution in [3.05, 3.63) is 21.4 Å². The van der Waals surface area contributed by atoms with Crippen molar-refractivity contribution in [1.82, 2.24) is 5.32 Å². The van der Waals surface area contributed by atoms with Gasteiger partial charge in [0, 0.05) is 16.4 Å². The molecule has 0 spiro atoms. The summed E-state index contributed by atoms with van der Waals surface area (Å²) in [5.74, 6) is 0. The van der Waals surface area contributed by atoms with Crippen LogP contribution in [0.4, 0.5) is 0 Å². The molecule has 19 heavy (non-hydrogen) atoms. The van der Waals surface area contributed by atoms with Crippen LogP contribution in [0.25, 0.3) is 0 Å². The van der Waals surface area contributed by atoms with Gasteiger partial charge in [0.1, 0.15) is 0 Å². The minimum absolute atomic E-state index is 0.383. The Morgan fingerprint density at radius 2 is 2.11 bits per heavy atom. The quantitative estimate of drug-likeness (QED) is 0.600. The standard InChI is InChI=1S/C16H27NOS/c1-3-10-18-12-14(17-4-2)16-11-13-8-6-5-7-9-15(13)19-16/h11,14,17H,3-10,12H2,1-2H3. The van der Waals surface area contributed by atoms with Crippen molar-refractivity contribution in [2.24, 2.45) is 0 Å². The zero-order valence-corrected chi connectivity index (χ0v) is 13.2. The zero-order chi connectivity index (χ0) is 13.5. The SMILES string of the molecule is CCCOCC(NCC)c1cc2c(s1)CCCCC2. The number of ether oxygens (including phenoxy) is 1. The maximum atomic E-state index is 5.75. The van der Waals surface area contributed by atoms with E-state index in [1.54, 1.807) is 10.4 Å². The third kappa shape index (κ3) is 4.30. The van der Waals surface area contributed by atoms with Crippen molar-refractivity contribution >= 4 is 11.3 Å². The van der Waals surface area contributed by atoms with Crippen LogP contribution in [0.5, 0.6) is 0 Å². The van der Waals surface area contributed by atoms with E-state index in [1.165, 1.54) is 37.0 Å². The minimum atomic E-state index is 0.383. The van der Waals surface area contributed by atoms with Crippen LogP contribution in [0, 0.1) is 0 Å². The van der Waals surface area contributed by atoms with Crippen LogP contribution < -0.4 is 5.32 Å². The Bertz CT molecular complexity index is 351. The molecule has 0 aromatic carbocycles. The smallest absolute Gasteiger partial charge is 0.0669 e. The Morgan fingerprint density at radius 3 is 2.89 bits per heavy atom. The van der Waals surface area contributed by atoms with E-state index in [0.29, 0.717) is 6.04 Å². The van der Waals surface area contributed by atoms with E-state index >= 15 is 0 Å². The first-order chi connectivity index (χ1) is 9.35. The molecule has 0 fully saturated rings. The average molecular weight is 281 g/mol. The van der Waals surface area contributed by atoms with Crippen LogP contribution in [-0.4, -0.2) is 19.8 Å². The first kappa shape index (κ1) is 15.0. The number of fused-ring (bicyclic) bond motifs is 1. The maximum Gasteiger partial charge on any atom is 0.0669 e. The lowest BCUT2D eigenvalue weighted by molar-refractivity contribution is 0.113. The number of rotatable bonds is 7. The molecular formula is C16H27NOS. The topological polar surface area (TPSA) is 21.3 Å². The second-order valence-electron chi connectivity index (χ2n) is 5.34. The van der Waals surface area contributed by atoms with Gasteiger partial charge in [-0.3, -0.25) is 0 Å². The number of thiophene rings is 1. The molecule has 3 heteroatoms. The Hall–Kier alpha value is -0.380. The van der Waals surface area contributed by atoms with E-state index in [4.69, 9.17) is 4.74 Å². The van der Waals surface area contributed by atoms with E-state index in [9.17, 15) is 0 Å². The molecule has 1 atom stereocenters. The van der Waals surface area contributed by atoms with Gasteiger partial charge in [0.05, 0.1) is 12.6 Å². The van der Waals surface area contributed by atoms with Gasteiger partial charge in [0.15, 0.2) is 0 Å². The average Bonchev–Trinajstić information content (AvgIpc) is 2.69. The van der Waals surface area contributed by atoms with Gasteiger partial charge in [-0.05, 0) is 50.3 Å². The summed E-state index contributed by atoms with van der Waals surface area (Å²) in [6.07, 6.45) is 7.79. The van der Waals surface area contributed by atoms with Crippen molar-refractivity contribution in [2.45, 2.75) is 58.4 Å². The third-order valence-corrected chi connectivity index (χ3v) is 5.04. The highest BCUT2D eigenvalue weighted by molar-refractivity contribution is 7.12. The van der Waals surface area contributed by atoms with E-state index in [0.717, 1.165) is 26.2 Å². The highest BCUT2D eigenvalue weighted by atomic mass is 32.1. The molecule has 1 N–H and O–H groups in total. The highest BCUT2D eigenvalue weighted by Gasteiger charge is 2.18. The fraction of sp³-hybridized carbons (Fsp3) is 0.750. The number of likely N-dealkylation sites (N-methyl/N-ethyl adjacent to an activating group) is 1. The van der Waals surface area contributed by atoms with Gasteiger partial charge in [-0.25, -0.2) is 0 Å². The van der Waals surface area contributed by atoms with Crippen LogP contribution in [0.1, 0.15) is 60.9 Å². The van der Waals surface area contributed by atoms with Crippen LogP contribution in [0.2, 0.25) is 0 Å². The van der Waals surface area contributed by atoms with Gasteiger partial charge in [0.2, 0.25) is 0 Å². The summed E-state index contributed by atoms with van der Waals surface area (Å²) < 4.78 is 5.75. The molecule has 1 heterocycles. The first-order valence-corrected chi connectivity index (χ1v) is 8.59. The lowest BCUT2D eigenvalue weighted by atomic mass is 10.1. The summed E-state index contributed by atoms with van der Waals surface area (Å²) in [5, 5.41) is 3.57. The maximum absolute atomic E-state index is 5.75. The lowest BCUT2D eigenvalue weighted by Crippen LogP contribution is -2.24. The molecule has 0 aliphatic heterocycles. The Balaban J connectivity index is 2.03. The minimum Gasteiger partial charge on any atom is -0.379 e. The van der Waals surface area contributed by atoms with E-state index in [2.05, 4.69) is 25.2 Å². The lowest BCUT2D eigenvalue weighted by Gasteiger charge is -2.16. The van der Waals surface area contributed by atoms with Crippen molar-refractivity contribution in [2.75, 3.05) is 19.8 Å². The highest BCUT2D eigenvalue weighted by Crippen LogP contribution is 2.32. The Labute approximate surface area is 121 Å². The van der Waals surface area contributed by atoms with Gasteiger partial charge < -0.3 is 10.1 Å². The molecule has 0 saturated heterocycles. The molecule has 2 rings (SSSR count). The number of nitrogens with one attached hydrogen (secondary N) is 1. The summed E-state index contributed by atoms with van der Waals surface area (Å²) in [5.41, 5.74) is 1.61. The van der Waals surface area contributed by atoms with Gasteiger partial charge in [-0.1, -0.05) is 20.3 Å². The van der Waals surface area contributed by atoms with Crippen molar-refractivity contribution in [3.8, 4) is 0 Å². The summed E-state index contributed by atoms with van der Waals surface area (Å²) >= 11 is 2.01. The summed E-state index contributed by atoms with van der Waals surface area (Å²) in [4.78, 5) is 3.11. The van der Waals surface area contributed by atoms with Crippen LogP contribution >= 0.6 is 11.3 Å². The molecule has 0 bridgehead atoms. The van der Waals surface area contributed by atoms with Crippen molar-refractivity contribution < 1.29 is 4.74 Å². The number of aryl methyl sites for hydroxylation is 2. The fourth-order valence-electron chi connectivity index (χ4n) is 2.70. The van der Waals surface area contributed by atoms with E-state index in [1.807, 2.05) is 11.3 Å². The van der Waals surface area contributed by atoms with Crippen molar-refractivity contribution in [3.63, 3.8) is 0 Å². The van der Waals surface area contributed by atoms with E-state index < -0.39 is 0 Å². The predicted molar refractivity (Wildman–Crippen MR) is 83.1 cm³/mol. The molecule has 0 saturated carbocycles. The second kappa shape index (κ2) is 8.03. The summed E-state index contributed by atoms with van der Waals surface area (Å²) in [6.45, 7) is 7.01. The molecule has 1 aliphatic carbocycles. The van der Waals surface area contributed by atoms with Gasteiger partial charge in [-0.15, -0.1) is 11.3 Å². The van der Waals surface area contributed by atoms with Crippen LogP contribution in [0.3, 0.4) is 0 Å². The largest absolute Gasteiger partial charge is 0.379 e. The third-order valence-electron chi connectivity index (χ3n) is 3.69. The molecule has 0 radical (unpaired) electrons. The second-order valence-corrected chi connectivity index (χ2v) is 6.51. The Kier molecular flexibility index (Phi) is 6.35. The molecule has 1 unspecified atom stereocenters. The molecule has 2 nitrogen and oxygen atoms in total. The molecule has 0 amide bonds. The summed E-state index contributed by atoms with van der Waals surface area (Å²) in [7, 11) is 0. The predicted octanol–water partition coefficient (Wildman–Crippen LogP) is 4.09. The number of hydrogen-bond donors (Lipinski definition) is 1. The van der Waals surface area contributed by atoms with Gasteiger partial charge in [-0.2, -0.15) is 0 Å². The first-order valence-electron chi connectivity index (χ1n) is 7.77. The van der Waals surface area contributed by atoms with E-state index in [-0.39, 0.29) is 0 Å².